The zero-order chi connectivity index (χ0) is 18.1. The summed E-state index contributed by atoms with van der Waals surface area (Å²) in [4.78, 5) is 18.3. The number of aliphatic hydroxyl groups is 1. The van der Waals surface area contributed by atoms with Gasteiger partial charge in [-0.3, -0.25) is 4.79 Å². The van der Waals surface area contributed by atoms with Gasteiger partial charge in [0.1, 0.15) is 18.5 Å². The molecule has 4 rings (SSSR count). The van der Waals surface area contributed by atoms with E-state index in [2.05, 4.69) is 15.4 Å². The molecule has 2 fully saturated rings. The second kappa shape index (κ2) is 7.03. The number of halogens is 1. The van der Waals surface area contributed by atoms with Gasteiger partial charge < -0.3 is 15.3 Å². The van der Waals surface area contributed by atoms with Crippen molar-refractivity contribution in [2.24, 2.45) is 11.8 Å². The zero-order valence-electron chi connectivity index (χ0n) is 14.3. The Morgan fingerprint density at radius 1 is 1.23 bits per heavy atom. The molecule has 2 aliphatic rings. The van der Waals surface area contributed by atoms with E-state index < -0.39 is 6.10 Å². The second-order valence-electron chi connectivity index (χ2n) is 7.16. The Morgan fingerprint density at radius 2 is 1.96 bits per heavy atom. The molecule has 0 unspecified atom stereocenters. The predicted molar refractivity (Wildman–Crippen MR) is 92.7 cm³/mol. The van der Waals surface area contributed by atoms with Gasteiger partial charge in [0.05, 0.1) is 18.7 Å². The Bertz CT molecular complexity index is 751. The van der Waals surface area contributed by atoms with Crippen molar-refractivity contribution in [1.29, 1.82) is 0 Å². The van der Waals surface area contributed by atoms with Crippen LogP contribution in [0.3, 0.4) is 0 Å². The van der Waals surface area contributed by atoms with E-state index in [1.165, 1.54) is 18.5 Å². The zero-order valence-corrected chi connectivity index (χ0v) is 14.3. The summed E-state index contributed by atoms with van der Waals surface area (Å²) in [6, 6.07) is 5.88. The number of hydrogen-bond acceptors (Lipinski definition) is 5. The monoisotopic (exact) mass is 359 g/mol. The molecule has 138 valence electrons. The van der Waals surface area contributed by atoms with Crippen molar-refractivity contribution in [2.75, 3.05) is 25.0 Å². The summed E-state index contributed by atoms with van der Waals surface area (Å²) in [5.74, 6) is 0.406. The lowest BCUT2D eigenvalue weighted by atomic mass is 9.77. The van der Waals surface area contributed by atoms with Crippen LogP contribution in [0.15, 0.2) is 36.9 Å². The minimum absolute atomic E-state index is 0.0236. The number of hydrogen-bond donors (Lipinski definition) is 2. The molecule has 2 N–H and O–H groups in total. The van der Waals surface area contributed by atoms with E-state index in [1.54, 1.807) is 23.1 Å². The summed E-state index contributed by atoms with van der Waals surface area (Å²) < 4.78 is 14.7. The van der Waals surface area contributed by atoms with Gasteiger partial charge in [-0.2, -0.15) is 5.10 Å². The molecular formula is C18H22FN5O2. The molecule has 7 nitrogen and oxygen atoms in total. The summed E-state index contributed by atoms with van der Waals surface area (Å²) in [5.41, 5.74) is 0.720. The van der Waals surface area contributed by atoms with E-state index >= 15 is 0 Å². The van der Waals surface area contributed by atoms with Gasteiger partial charge in [0.15, 0.2) is 0 Å². The van der Waals surface area contributed by atoms with E-state index in [-0.39, 0.29) is 24.3 Å². The third-order valence-corrected chi connectivity index (χ3v) is 5.53. The SMILES string of the molecule is O=C(CNc1ccc(F)cc1)N1C[C@H]2C[C@@H](n3cncn3)[C@H](O)C[C@H]2C1. The molecule has 1 amide bonds. The maximum atomic E-state index is 12.9. The van der Waals surface area contributed by atoms with Gasteiger partial charge in [-0.05, 0) is 48.9 Å². The molecule has 8 heteroatoms. The highest BCUT2D eigenvalue weighted by Gasteiger charge is 2.43. The largest absolute Gasteiger partial charge is 0.391 e. The average Bonchev–Trinajstić information content (AvgIpc) is 3.29. The topological polar surface area (TPSA) is 83.3 Å². The third kappa shape index (κ3) is 3.41. The fourth-order valence-electron chi connectivity index (χ4n) is 4.14. The molecule has 2 aromatic rings. The van der Waals surface area contributed by atoms with E-state index in [4.69, 9.17) is 0 Å². The van der Waals surface area contributed by atoms with Gasteiger partial charge in [0, 0.05) is 18.8 Å². The molecule has 1 aliphatic heterocycles. The number of fused-ring (bicyclic) bond motifs is 1. The second-order valence-corrected chi connectivity index (χ2v) is 7.16. The van der Waals surface area contributed by atoms with Gasteiger partial charge in [-0.25, -0.2) is 14.1 Å². The van der Waals surface area contributed by atoms with Gasteiger partial charge in [-0.15, -0.1) is 0 Å². The van der Waals surface area contributed by atoms with Crippen molar-refractivity contribution in [3.63, 3.8) is 0 Å². The quantitative estimate of drug-likeness (QED) is 0.860. The number of benzene rings is 1. The normalized spacial score (nSPS) is 28.0. The Morgan fingerprint density at radius 3 is 2.65 bits per heavy atom. The molecule has 0 radical (unpaired) electrons. The Kier molecular flexibility index (Phi) is 4.58. The van der Waals surface area contributed by atoms with Crippen LogP contribution in [0.25, 0.3) is 0 Å². The minimum Gasteiger partial charge on any atom is -0.391 e. The molecule has 1 aromatic heterocycles. The van der Waals surface area contributed by atoms with Gasteiger partial charge in [0.25, 0.3) is 0 Å². The molecular weight excluding hydrogens is 337 g/mol. The smallest absolute Gasteiger partial charge is 0.241 e. The van der Waals surface area contributed by atoms with Crippen LogP contribution in [0.4, 0.5) is 10.1 Å². The number of carbonyl (C=O) groups excluding carboxylic acids is 1. The minimum atomic E-state index is -0.467. The summed E-state index contributed by atoms with van der Waals surface area (Å²) in [7, 11) is 0. The van der Waals surface area contributed by atoms with Crippen molar-refractivity contribution in [3.05, 3.63) is 42.7 Å². The van der Waals surface area contributed by atoms with E-state index in [0.717, 1.165) is 12.1 Å². The number of likely N-dealkylation sites (tertiary alicyclic amines) is 1. The number of carbonyl (C=O) groups is 1. The molecule has 4 atom stereocenters. The summed E-state index contributed by atoms with van der Waals surface area (Å²) in [6.45, 7) is 1.56. The Balaban J connectivity index is 1.34. The van der Waals surface area contributed by atoms with Crippen molar-refractivity contribution in [3.8, 4) is 0 Å². The Hall–Kier alpha value is -2.48. The number of aromatic nitrogens is 3. The highest BCUT2D eigenvalue weighted by Crippen LogP contribution is 2.40. The van der Waals surface area contributed by atoms with Crippen LogP contribution in [0.2, 0.25) is 0 Å². The number of nitrogens with zero attached hydrogens (tertiary/aromatic N) is 4. The van der Waals surface area contributed by atoms with Crippen LogP contribution >= 0.6 is 0 Å². The summed E-state index contributed by atoms with van der Waals surface area (Å²) in [5, 5.41) is 17.6. The lowest BCUT2D eigenvalue weighted by Crippen LogP contribution is -2.36. The fraction of sp³-hybridized carbons (Fsp3) is 0.500. The maximum Gasteiger partial charge on any atom is 0.241 e. The van der Waals surface area contributed by atoms with E-state index in [9.17, 15) is 14.3 Å². The molecule has 1 aromatic carbocycles. The molecule has 1 aliphatic carbocycles. The third-order valence-electron chi connectivity index (χ3n) is 5.53. The van der Waals surface area contributed by atoms with Gasteiger partial charge in [0.2, 0.25) is 5.91 Å². The molecule has 0 spiro atoms. The van der Waals surface area contributed by atoms with Crippen LogP contribution in [-0.4, -0.2) is 56.4 Å². The first-order valence-corrected chi connectivity index (χ1v) is 8.89. The highest BCUT2D eigenvalue weighted by atomic mass is 19.1. The molecule has 0 bridgehead atoms. The van der Waals surface area contributed by atoms with Gasteiger partial charge in [-0.1, -0.05) is 0 Å². The summed E-state index contributed by atoms with van der Waals surface area (Å²) in [6.07, 6.45) is 4.11. The standard InChI is InChI=1S/C18H22FN5O2/c19-14-1-3-15(4-2-14)21-7-18(26)23-8-12-5-16(24-11-20-10-22-24)17(25)6-13(12)9-23/h1-4,10-13,16-17,21,25H,5-9H2/t12-,13+,16-,17-/m1/s1. The lowest BCUT2D eigenvalue weighted by molar-refractivity contribution is -0.128. The first kappa shape index (κ1) is 17.0. The van der Waals surface area contributed by atoms with Crippen LogP contribution in [-0.2, 0) is 4.79 Å². The van der Waals surface area contributed by atoms with Gasteiger partial charge >= 0.3 is 0 Å². The number of aliphatic hydroxyl groups excluding tert-OH is 1. The predicted octanol–water partition coefficient (Wildman–Crippen LogP) is 1.30. The fourth-order valence-corrected chi connectivity index (χ4v) is 4.14. The van der Waals surface area contributed by atoms with Crippen molar-refractivity contribution in [2.45, 2.75) is 25.0 Å². The summed E-state index contributed by atoms with van der Waals surface area (Å²) >= 11 is 0. The number of nitrogens with one attached hydrogen (secondary N) is 1. The number of amides is 1. The average molecular weight is 359 g/mol. The van der Waals surface area contributed by atoms with Crippen LogP contribution in [0, 0.1) is 17.7 Å². The van der Waals surface area contributed by atoms with Crippen molar-refractivity contribution in [1.82, 2.24) is 19.7 Å². The van der Waals surface area contributed by atoms with Crippen LogP contribution in [0.5, 0.6) is 0 Å². The molecule has 1 saturated carbocycles. The van der Waals surface area contributed by atoms with E-state index in [1.807, 2.05) is 4.90 Å². The maximum absolute atomic E-state index is 12.9. The van der Waals surface area contributed by atoms with Crippen molar-refractivity contribution >= 4 is 11.6 Å². The molecule has 2 heterocycles. The number of rotatable bonds is 4. The molecule has 1 saturated heterocycles. The van der Waals surface area contributed by atoms with Crippen LogP contribution < -0.4 is 5.32 Å². The Labute approximate surface area is 150 Å². The lowest BCUT2D eigenvalue weighted by Gasteiger charge is -2.34. The highest BCUT2D eigenvalue weighted by molar-refractivity contribution is 5.81. The van der Waals surface area contributed by atoms with Crippen LogP contribution in [0.1, 0.15) is 18.9 Å². The van der Waals surface area contributed by atoms with E-state index in [0.29, 0.717) is 31.3 Å². The molecule has 26 heavy (non-hydrogen) atoms. The van der Waals surface area contributed by atoms with Crippen molar-refractivity contribution < 1.29 is 14.3 Å². The first-order chi connectivity index (χ1) is 12.6. The first-order valence-electron chi connectivity index (χ1n) is 8.89. The number of anilines is 1.